The van der Waals surface area contributed by atoms with Gasteiger partial charge in [-0.15, -0.1) is 0 Å². The van der Waals surface area contributed by atoms with Gasteiger partial charge in [0.05, 0.1) is 12.0 Å². The van der Waals surface area contributed by atoms with Crippen LogP contribution in [0.4, 0.5) is 0 Å². The molecule has 2 nitrogen and oxygen atoms in total. The summed E-state index contributed by atoms with van der Waals surface area (Å²) in [6.45, 7) is 8.57. The van der Waals surface area contributed by atoms with Crippen LogP contribution in [0, 0.1) is 5.41 Å². The first-order chi connectivity index (χ1) is 10.5. The Morgan fingerprint density at radius 2 is 1.05 bits per heavy atom. The van der Waals surface area contributed by atoms with Crippen molar-refractivity contribution < 1.29 is 9.53 Å². The second-order valence-corrected chi connectivity index (χ2v) is 7.63. The van der Waals surface area contributed by atoms with Gasteiger partial charge in [0.25, 0.3) is 0 Å². The van der Waals surface area contributed by atoms with Crippen LogP contribution in [0.15, 0.2) is 0 Å². The van der Waals surface area contributed by atoms with Gasteiger partial charge in [0, 0.05) is 0 Å². The molecular formula is C20H40O2. The van der Waals surface area contributed by atoms with Crippen LogP contribution in [-0.4, -0.2) is 12.6 Å². The van der Waals surface area contributed by atoms with E-state index >= 15 is 0 Å². The van der Waals surface area contributed by atoms with Gasteiger partial charge in [0.1, 0.15) is 0 Å². The zero-order valence-corrected chi connectivity index (χ0v) is 15.7. The van der Waals surface area contributed by atoms with E-state index in [9.17, 15) is 4.79 Å². The Kier molecular flexibility index (Phi) is 13.7. The third-order valence-electron chi connectivity index (χ3n) is 4.09. The van der Waals surface area contributed by atoms with Gasteiger partial charge in [-0.05, 0) is 27.2 Å². The lowest BCUT2D eigenvalue weighted by atomic mass is 9.97. The summed E-state index contributed by atoms with van der Waals surface area (Å²) in [6.07, 6.45) is 17.5. The van der Waals surface area contributed by atoms with Crippen molar-refractivity contribution in [1.82, 2.24) is 0 Å². The number of esters is 1. The van der Waals surface area contributed by atoms with Crippen molar-refractivity contribution in [1.29, 1.82) is 0 Å². The average molecular weight is 313 g/mol. The lowest BCUT2D eigenvalue weighted by Gasteiger charge is -2.16. The monoisotopic (exact) mass is 312 g/mol. The fraction of sp³-hybridized carbons (Fsp3) is 0.950. The summed E-state index contributed by atoms with van der Waals surface area (Å²) in [5.41, 5.74) is -0.365. The van der Waals surface area contributed by atoms with Crippen molar-refractivity contribution in [3.05, 3.63) is 0 Å². The minimum absolute atomic E-state index is 0.0774. The van der Waals surface area contributed by atoms with E-state index < -0.39 is 0 Å². The fourth-order valence-corrected chi connectivity index (χ4v) is 2.50. The molecule has 0 N–H and O–H groups in total. The maximum Gasteiger partial charge on any atom is 0.311 e. The summed E-state index contributed by atoms with van der Waals surface area (Å²) >= 11 is 0. The molecule has 22 heavy (non-hydrogen) atoms. The van der Waals surface area contributed by atoms with Gasteiger partial charge in [-0.1, -0.05) is 84.0 Å². The molecule has 0 unspecified atom stereocenters. The molecule has 0 aliphatic carbocycles. The highest BCUT2D eigenvalue weighted by Gasteiger charge is 2.22. The Bertz CT molecular complexity index is 253. The van der Waals surface area contributed by atoms with Gasteiger partial charge in [0.15, 0.2) is 0 Å². The number of unbranched alkanes of at least 4 members (excludes halogenated alkanes) is 12. The van der Waals surface area contributed by atoms with Crippen LogP contribution in [0.5, 0.6) is 0 Å². The van der Waals surface area contributed by atoms with Gasteiger partial charge in [-0.2, -0.15) is 0 Å². The van der Waals surface area contributed by atoms with Crippen LogP contribution in [0.2, 0.25) is 0 Å². The molecule has 0 heterocycles. The average Bonchev–Trinajstić information content (AvgIpc) is 2.46. The molecular weight excluding hydrogens is 272 g/mol. The summed E-state index contributed by atoms with van der Waals surface area (Å²) in [7, 11) is 0. The van der Waals surface area contributed by atoms with Gasteiger partial charge in [-0.3, -0.25) is 4.79 Å². The Hall–Kier alpha value is -0.530. The molecule has 0 aromatic carbocycles. The Balaban J connectivity index is 3.13. The maximum absolute atomic E-state index is 11.6. The number of rotatable bonds is 14. The van der Waals surface area contributed by atoms with E-state index in [-0.39, 0.29) is 11.4 Å². The van der Waals surface area contributed by atoms with Crippen molar-refractivity contribution in [3.8, 4) is 0 Å². The first-order valence-electron chi connectivity index (χ1n) is 9.65. The van der Waals surface area contributed by atoms with Crippen LogP contribution in [0.3, 0.4) is 0 Å². The van der Waals surface area contributed by atoms with Crippen molar-refractivity contribution in [2.24, 2.45) is 5.41 Å². The van der Waals surface area contributed by atoms with Crippen LogP contribution in [0.25, 0.3) is 0 Å². The summed E-state index contributed by atoms with van der Waals surface area (Å²) in [6, 6.07) is 0. The SMILES string of the molecule is CCCCCCCCCCCCCCCOC(=O)C(C)(C)C. The standard InChI is InChI=1S/C20H40O2/c1-5-6-7-8-9-10-11-12-13-14-15-16-17-18-22-19(21)20(2,3)4/h5-18H2,1-4H3. The first kappa shape index (κ1) is 21.5. The molecule has 0 rings (SSSR count). The minimum atomic E-state index is -0.365. The Morgan fingerprint density at radius 3 is 1.41 bits per heavy atom. The molecule has 0 aliphatic heterocycles. The zero-order chi connectivity index (χ0) is 16.7. The third kappa shape index (κ3) is 14.4. The molecule has 2 heteroatoms. The molecule has 0 aromatic heterocycles. The van der Waals surface area contributed by atoms with E-state index in [1.165, 1.54) is 77.0 Å². The highest BCUT2D eigenvalue weighted by molar-refractivity contribution is 5.75. The smallest absolute Gasteiger partial charge is 0.311 e. The number of hydrogen-bond donors (Lipinski definition) is 0. The number of carbonyl (C=O) groups excluding carboxylic acids is 1. The van der Waals surface area contributed by atoms with Crippen molar-refractivity contribution in [2.45, 2.75) is 111 Å². The predicted molar refractivity (Wildman–Crippen MR) is 96.1 cm³/mol. The van der Waals surface area contributed by atoms with Gasteiger partial charge in [-0.25, -0.2) is 0 Å². The van der Waals surface area contributed by atoms with E-state index in [4.69, 9.17) is 4.74 Å². The summed E-state index contributed by atoms with van der Waals surface area (Å²) in [4.78, 5) is 11.6. The van der Waals surface area contributed by atoms with E-state index in [1.54, 1.807) is 0 Å². The maximum atomic E-state index is 11.6. The van der Waals surface area contributed by atoms with E-state index in [2.05, 4.69) is 6.92 Å². The van der Waals surface area contributed by atoms with Crippen LogP contribution < -0.4 is 0 Å². The summed E-state index contributed by atoms with van der Waals surface area (Å²) in [5.74, 6) is -0.0774. The van der Waals surface area contributed by atoms with Gasteiger partial charge >= 0.3 is 5.97 Å². The molecule has 0 fully saturated rings. The second kappa shape index (κ2) is 14.1. The topological polar surface area (TPSA) is 26.3 Å². The van der Waals surface area contributed by atoms with Crippen molar-refractivity contribution >= 4 is 5.97 Å². The molecule has 0 saturated heterocycles. The molecule has 0 aromatic rings. The lowest BCUT2D eigenvalue weighted by molar-refractivity contribution is -0.153. The fourth-order valence-electron chi connectivity index (χ4n) is 2.50. The number of ether oxygens (including phenoxy) is 1. The lowest BCUT2D eigenvalue weighted by Crippen LogP contribution is -2.23. The minimum Gasteiger partial charge on any atom is -0.465 e. The second-order valence-electron chi connectivity index (χ2n) is 7.63. The van der Waals surface area contributed by atoms with Gasteiger partial charge in [0.2, 0.25) is 0 Å². The quantitative estimate of drug-likeness (QED) is 0.264. The van der Waals surface area contributed by atoms with Crippen molar-refractivity contribution in [2.75, 3.05) is 6.61 Å². The summed E-state index contributed by atoms with van der Waals surface area (Å²) in [5, 5.41) is 0. The van der Waals surface area contributed by atoms with Crippen LogP contribution in [0.1, 0.15) is 111 Å². The third-order valence-corrected chi connectivity index (χ3v) is 4.09. The molecule has 0 spiro atoms. The molecule has 0 radical (unpaired) electrons. The zero-order valence-electron chi connectivity index (χ0n) is 15.7. The Morgan fingerprint density at radius 1 is 0.682 bits per heavy atom. The van der Waals surface area contributed by atoms with Crippen molar-refractivity contribution in [3.63, 3.8) is 0 Å². The molecule has 0 atom stereocenters. The first-order valence-corrected chi connectivity index (χ1v) is 9.65. The highest BCUT2D eigenvalue weighted by Crippen LogP contribution is 2.16. The predicted octanol–water partition coefficient (Wildman–Crippen LogP) is 6.67. The molecule has 132 valence electrons. The van der Waals surface area contributed by atoms with Gasteiger partial charge < -0.3 is 4.74 Å². The Labute approximate surface area is 139 Å². The highest BCUT2D eigenvalue weighted by atomic mass is 16.5. The number of carbonyl (C=O) groups is 1. The number of hydrogen-bond acceptors (Lipinski definition) is 2. The molecule has 0 amide bonds. The van der Waals surface area contributed by atoms with Crippen LogP contribution >= 0.6 is 0 Å². The molecule has 0 saturated carbocycles. The largest absolute Gasteiger partial charge is 0.465 e. The van der Waals surface area contributed by atoms with E-state index in [0.29, 0.717) is 6.61 Å². The van der Waals surface area contributed by atoms with Crippen LogP contribution in [-0.2, 0) is 9.53 Å². The molecule has 0 aliphatic rings. The van der Waals surface area contributed by atoms with E-state index in [0.717, 1.165) is 6.42 Å². The van der Waals surface area contributed by atoms with E-state index in [1.807, 2.05) is 20.8 Å². The normalized spacial score (nSPS) is 11.6. The summed E-state index contributed by atoms with van der Waals surface area (Å²) < 4.78 is 5.27. The molecule has 0 bridgehead atoms.